The molecular formula is C24H27FN2O3. The first-order valence-corrected chi connectivity index (χ1v) is 10.3. The van der Waals surface area contributed by atoms with Gasteiger partial charge in [0.2, 0.25) is 5.89 Å². The zero-order valence-electron chi connectivity index (χ0n) is 17.4. The number of halogens is 1. The molecule has 30 heavy (non-hydrogen) atoms. The molecule has 1 aliphatic heterocycles. The van der Waals surface area contributed by atoms with Crippen molar-refractivity contribution in [2.24, 2.45) is 0 Å². The van der Waals surface area contributed by atoms with E-state index in [1.807, 2.05) is 25.1 Å². The largest absolute Gasteiger partial charge is 0.497 e. The van der Waals surface area contributed by atoms with E-state index in [-0.39, 0.29) is 6.10 Å². The predicted molar refractivity (Wildman–Crippen MR) is 113 cm³/mol. The Hall–Kier alpha value is -2.70. The lowest BCUT2D eigenvalue weighted by Gasteiger charge is -2.32. The molecule has 1 atom stereocenters. The molecular weight excluding hydrogens is 383 g/mol. The number of ether oxygens (including phenoxy) is 2. The molecule has 0 N–H and O–H groups in total. The van der Waals surface area contributed by atoms with Crippen LogP contribution in [0.15, 0.2) is 52.9 Å². The summed E-state index contributed by atoms with van der Waals surface area (Å²) in [5.41, 5.74) is 2.37. The normalized spacial score (nSPS) is 17.2. The average Bonchev–Trinajstić information content (AvgIpc) is 3.13. The Bertz CT molecular complexity index is 974. The molecule has 0 amide bonds. The molecule has 1 fully saturated rings. The Labute approximate surface area is 176 Å². The molecule has 158 valence electrons. The van der Waals surface area contributed by atoms with Gasteiger partial charge in [0, 0.05) is 19.2 Å². The van der Waals surface area contributed by atoms with Crippen molar-refractivity contribution in [1.82, 2.24) is 9.88 Å². The van der Waals surface area contributed by atoms with Crippen molar-refractivity contribution in [1.29, 1.82) is 0 Å². The van der Waals surface area contributed by atoms with E-state index in [2.05, 4.69) is 22.0 Å². The zero-order chi connectivity index (χ0) is 20.9. The minimum Gasteiger partial charge on any atom is -0.497 e. The van der Waals surface area contributed by atoms with Crippen LogP contribution < -0.4 is 4.74 Å². The monoisotopic (exact) mass is 410 g/mol. The van der Waals surface area contributed by atoms with E-state index in [0.717, 1.165) is 31.6 Å². The number of likely N-dealkylation sites (tertiary alicyclic amines) is 1. The Morgan fingerprint density at radius 2 is 2.03 bits per heavy atom. The lowest BCUT2D eigenvalue weighted by molar-refractivity contribution is -0.0123. The maximum Gasteiger partial charge on any atom is 0.229 e. The molecule has 1 aliphatic rings. The molecule has 0 aliphatic carbocycles. The highest BCUT2D eigenvalue weighted by atomic mass is 19.1. The fraction of sp³-hybridized carbons (Fsp3) is 0.375. The SMILES string of the molecule is COc1ccc(-c2nc(CN3CCCC(OCc4ccccc4)C3)c(C)o2)c(F)c1. The number of oxazole rings is 1. The van der Waals surface area contributed by atoms with Crippen molar-refractivity contribution in [3.05, 3.63) is 71.4 Å². The summed E-state index contributed by atoms with van der Waals surface area (Å²) in [6.07, 6.45) is 2.34. The molecule has 3 aromatic rings. The standard InChI is InChI=1S/C24H27FN2O3/c1-17-23(26-24(30-17)21-11-10-19(28-2)13-22(21)25)15-27-12-6-9-20(14-27)29-16-18-7-4-3-5-8-18/h3-5,7-8,10-11,13,20H,6,9,12,14-16H2,1-2H3. The van der Waals surface area contributed by atoms with Crippen LogP contribution in [0.3, 0.4) is 0 Å². The molecule has 4 rings (SSSR count). The summed E-state index contributed by atoms with van der Waals surface area (Å²) in [7, 11) is 1.51. The van der Waals surface area contributed by atoms with E-state index in [1.165, 1.54) is 18.7 Å². The fourth-order valence-corrected chi connectivity index (χ4v) is 3.78. The fourth-order valence-electron chi connectivity index (χ4n) is 3.78. The highest BCUT2D eigenvalue weighted by Crippen LogP contribution is 2.28. The van der Waals surface area contributed by atoms with Gasteiger partial charge in [-0.1, -0.05) is 30.3 Å². The number of piperidine rings is 1. The van der Waals surface area contributed by atoms with Gasteiger partial charge in [-0.2, -0.15) is 0 Å². The molecule has 1 saturated heterocycles. The first-order valence-electron chi connectivity index (χ1n) is 10.3. The summed E-state index contributed by atoms with van der Waals surface area (Å²) >= 11 is 0. The number of rotatable bonds is 7. The van der Waals surface area contributed by atoms with Crippen molar-refractivity contribution in [2.75, 3.05) is 20.2 Å². The summed E-state index contributed by atoms with van der Waals surface area (Å²) < 4.78 is 31.4. The van der Waals surface area contributed by atoms with Gasteiger partial charge in [-0.15, -0.1) is 0 Å². The molecule has 0 spiro atoms. The first-order chi connectivity index (χ1) is 14.6. The Morgan fingerprint density at radius 3 is 2.80 bits per heavy atom. The lowest BCUT2D eigenvalue weighted by Crippen LogP contribution is -2.39. The van der Waals surface area contributed by atoms with Crippen molar-refractivity contribution in [3.63, 3.8) is 0 Å². The number of methoxy groups -OCH3 is 1. The topological polar surface area (TPSA) is 47.7 Å². The quantitative estimate of drug-likeness (QED) is 0.550. The summed E-state index contributed by atoms with van der Waals surface area (Å²) in [5, 5.41) is 0. The van der Waals surface area contributed by atoms with Crippen LogP contribution in [0.5, 0.6) is 5.75 Å². The molecule has 1 unspecified atom stereocenters. The lowest BCUT2D eigenvalue weighted by atomic mass is 10.1. The maximum absolute atomic E-state index is 14.4. The highest BCUT2D eigenvalue weighted by Gasteiger charge is 2.23. The number of aryl methyl sites for hydroxylation is 1. The van der Waals surface area contributed by atoms with E-state index in [1.54, 1.807) is 12.1 Å². The number of aromatic nitrogens is 1. The molecule has 0 saturated carbocycles. The van der Waals surface area contributed by atoms with Crippen LogP contribution in [-0.2, 0) is 17.9 Å². The first kappa shape index (κ1) is 20.6. The van der Waals surface area contributed by atoms with E-state index in [0.29, 0.717) is 36.1 Å². The third kappa shape index (κ3) is 4.89. The van der Waals surface area contributed by atoms with Gasteiger partial charge in [-0.05, 0) is 44.0 Å². The van der Waals surface area contributed by atoms with Gasteiger partial charge in [0.15, 0.2) is 0 Å². The van der Waals surface area contributed by atoms with Crippen LogP contribution in [0.25, 0.3) is 11.5 Å². The van der Waals surface area contributed by atoms with Crippen LogP contribution in [0, 0.1) is 12.7 Å². The second kappa shape index (κ2) is 9.41. The molecule has 1 aromatic heterocycles. The third-order valence-electron chi connectivity index (χ3n) is 5.46. The smallest absolute Gasteiger partial charge is 0.229 e. The van der Waals surface area contributed by atoms with Gasteiger partial charge in [-0.25, -0.2) is 9.37 Å². The van der Waals surface area contributed by atoms with Gasteiger partial charge >= 0.3 is 0 Å². The molecule has 2 heterocycles. The maximum atomic E-state index is 14.4. The molecule has 0 bridgehead atoms. The van der Waals surface area contributed by atoms with Crippen molar-refractivity contribution >= 4 is 0 Å². The van der Waals surface area contributed by atoms with Crippen molar-refractivity contribution in [3.8, 4) is 17.2 Å². The molecule has 0 radical (unpaired) electrons. The van der Waals surface area contributed by atoms with Gasteiger partial charge < -0.3 is 13.9 Å². The van der Waals surface area contributed by atoms with Crippen LogP contribution in [0.4, 0.5) is 4.39 Å². The van der Waals surface area contributed by atoms with Gasteiger partial charge in [0.05, 0.1) is 31.1 Å². The molecule has 2 aromatic carbocycles. The summed E-state index contributed by atoms with van der Waals surface area (Å²) in [5.74, 6) is 1.08. The van der Waals surface area contributed by atoms with Gasteiger partial charge in [0.25, 0.3) is 0 Å². The van der Waals surface area contributed by atoms with Gasteiger partial charge in [0.1, 0.15) is 17.3 Å². The summed E-state index contributed by atoms with van der Waals surface area (Å²) in [4.78, 5) is 6.91. The van der Waals surface area contributed by atoms with Crippen LogP contribution >= 0.6 is 0 Å². The number of hydrogen-bond acceptors (Lipinski definition) is 5. The Balaban J connectivity index is 1.39. The number of hydrogen-bond donors (Lipinski definition) is 0. The van der Waals surface area contributed by atoms with E-state index in [4.69, 9.17) is 13.9 Å². The minimum absolute atomic E-state index is 0.199. The van der Waals surface area contributed by atoms with Crippen molar-refractivity contribution in [2.45, 2.75) is 39.0 Å². The Morgan fingerprint density at radius 1 is 1.20 bits per heavy atom. The van der Waals surface area contributed by atoms with Crippen LogP contribution in [0.1, 0.15) is 29.9 Å². The number of nitrogens with zero attached hydrogens (tertiary/aromatic N) is 2. The summed E-state index contributed by atoms with van der Waals surface area (Å²) in [6.45, 7) is 5.01. The average molecular weight is 410 g/mol. The van der Waals surface area contributed by atoms with Crippen LogP contribution in [-0.4, -0.2) is 36.2 Å². The summed E-state index contributed by atoms with van der Waals surface area (Å²) in [6, 6.07) is 14.9. The zero-order valence-corrected chi connectivity index (χ0v) is 17.4. The van der Waals surface area contributed by atoms with E-state index in [9.17, 15) is 4.39 Å². The highest BCUT2D eigenvalue weighted by molar-refractivity contribution is 5.56. The van der Waals surface area contributed by atoms with Crippen molar-refractivity contribution < 1.29 is 18.3 Å². The minimum atomic E-state index is -0.408. The predicted octanol–water partition coefficient (Wildman–Crippen LogP) is 4.98. The van der Waals surface area contributed by atoms with Gasteiger partial charge in [-0.3, -0.25) is 4.90 Å². The number of benzene rings is 2. The van der Waals surface area contributed by atoms with E-state index >= 15 is 0 Å². The molecule has 6 heteroatoms. The second-order valence-electron chi connectivity index (χ2n) is 7.66. The van der Waals surface area contributed by atoms with E-state index < -0.39 is 5.82 Å². The Kier molecular flexibility index (Phi) is 6.45. The third-order valence-corrected chi connectivity index (χ3v) is 5.46. The van der Waals surface area contributed by atoms with Crippen LogP contribution in [0.2, 0.25) is 0 Å². The molecule has 5 nitrogen and oxygen atoms in total. The second-order valence-corrected chi connectivity index (χ2v) is 7.66.